The molecular formula is C19H21NO5. The Balaban J connectivity index is 1.87. The number of methoxy groups -OCH3 is 1. The molecule has 6 heteroatoms. The zero-order valence-corrected chi connectivity index (χ0v) is 14.2. The summed E-state index contributed by atoms with van der Waals surface area (Å²) in [5.74, 6) is 0.0749. The van der Waals surface area contributed by atoms with E-state index in [1.54, 1.807) is 31.4 Å². The molecule has 2 aromatic carbocycles. The van der Waals surface area contributed by atoms with Gasteiger partial charge in [-0.15, -0.1) is 0 Å². The molecule has 0 aromatic heterocycles. The first-order chi connectivity index (χ1) is 12.0. The molecule has 1 atom stereocenters. The smallest absolute Gasteiger partial charge is 0.307 e. The van der Waals surface area contributed by atoms with Gasteiger partial charge in [-0.2, -0.15) is 0 Å². The number of aliphatic carboxylic acids is 1. The summed E-state index contributed by atoms with van der Waals surface area (Å²) in [6.07, 6.45) is -0.0445. The highest BCUT2D eigenvalue weighted by Crippen LogP contribution is 2.24. The normalized spacial score (nSPS) is 11.4. The van der Waals surface area contributed by atoms with Crippen LogP contribution in [-0.2, 0) is 16.0 Å². The van der Waals surface area contributed by atoms with Crippen LogP contribution in [0, 0.1) is 0 Å². The average molecular weight is 343 g/mol. The van der Waals surface area contributed by atoms with Gasteiger partial charge in [0.2, 0.25) is 0 Å². The Morgan fingerprint density at radius 1 is 1.12 bits per heavy atom. The molecule has 1 unspecified atom stereocenters. The maximum atomic E-state index is 12.1. The number of ether oxygens (including phenoxy) is 2. The van der Waals surface area contributed by atoms with Crippen LogP contribution in [0.3, 0.4) is 0 Å². The molecule has 1 amide bonds. The number of nitrogens with one attached hydrogen (secondary N) is 1. The number of carboxylic acid groups (broad SMARTS) is 1. The molecule has 0 aliphatic rings. The zero-order valence-electron chi connectivity index (χ0n) is 14.2. The van der Waals surface area contributed by atoms with Crippen LogP contribution in [-0.4, -0.2) is 30.7 Å². The van der Waals surface area contributed by atoms with Crippen LogP contribution in [0.2, 0.25) is 0 Å². The Labute approximate surface area is 146 Å². The van der Waals surface area contributed by atoms with Crippen LogP contribution in [0.4, 0.5) is 0 Å². The average Bonchev–Trinajstić information content (AvgIpc) is 2.60. The monoisotopic (exact) mass is 343 g/mol. The minimum Gasteiger partial charge on any atom is -0.496 e. The Morgan fingerprint density at radius 3 is 2.44 bits per heavy atom. The third-order valence-corrected chi connectivity index (χ3v) is 3.63. The van der Waals surface area contributed by atoms with Crippen molar-refractivity contribution in [3.05, 3.63) is 59.7 Å². The minimum atomic E-state index is -0.890. The first-order valence-corrected chi connectivity index (χ1v) is 7.85. The lowest BCUT2D eigenvalue weighted by molar-refractivity contribution is -0.136. The first kappa shape index (κ1) is 18.3. The van der Waals surface area contributed by atoms with Gasteiger partial charge < -0.3 is 19.9 Å². The van der Waals surface area contributed by atoms with Gasteiger partial charge in [0.1, 0.15) is 11.5 Å². The quantitative estimate of drug-likeness (QED) is 0.769. The minimum absolute atomic E-state index is 0.0445. The van der Waals surface area contributed by atoms with Gasteiger partial charge in [0.15, 0.2) is 6.61 Å². The van der Waals surface area contributed by atoms with Crippen molar-refractivity contribution in [1.82, 2.24) is 5.32 Å². The third-order valence-electron chi connectivity index (χ3n) is 3.63. The maximum absolute atomic E-state index is 12.1. The molecule has 0 radical (unpaired) electrons. The molecule has 132 valence electrons. The van der Waals surface area contributed by atoms with E-state index in [9.17, 15) is 9.59 Å². The number of rotatable bonds is 8. The van der Waals surface area contributed by atoms with E-state index in [1.807, 2.05) is 31.2 Å². The largest absolute Gasteiger partial charge is 0.496 e. The second-order valence-electron chi connectivity index (χ2n) is 5.53. The summed E-state index contributed by atoms with van der Waals surface area (Å²) < 4.78 is 10.7. The van der Waals surface area contributed by atoms with Crippen LogP contribution in [0.25, 0.3) is 0 Å². The molecule has 0 fully saturated rings. The van der Waals surface area contributed by atoms with Gasteiger partial charge in [0, 0.05) is 5.56 Å². The van der Waals surface area contributed by atoms with Crippen LogP contribution >= 0.6 is 0 Å². The molecule has 0 saturated heterocycles. The summed E-state index contributed by atoms with van der Waals surface area (Å²) in [6.45, 7) is 1.74. The third kappa shape index (κ3) is 5.53. The van der Waals surface area contributed by atoms with Gasteiger partial charge in [-0.1, -0.05) is 30.3 Å². The van der Waals surface area contributed by atoms with E-state index in [-0.39, 0.29) is 25.0 Å². The molecule has 2 N–H and O–H groups in total. The fraction of sp³-hybridized carbons (Fsp3) is 0.263. The second kappa shape index (κ2) is 8.73. The summed E-state index contributed by atoms with van der Waals surface area (Å²) in [5.41, 5.74) is 1.56. The van der Waals surface area contributed by atoms with E-state index < -0.39 is 5.97 Å². The van der Waals surface area contributed by atoms with Crippen molar-refractivity contribution in [3.8, 4) is 11.5 Å². The second-order valence-corrected chi connectivity index (χ2v) is 5.53. The topological polar surface area (TPSA) is 84.9 Å². The van der Waals surface area contributed by atoms with Gasteiger partial charge in [0.25, 0.3) is 5.91 Å². The summed E-state index contributed by atoms with van der Waals surface area (Å²) in [5, 5.41) is 11.6. The van der Waals surface area contributed by atoms with Crippen LogP contribution in [0.5, 0.6) is 11.5 Å². The van der Waals surface area contributed by atoms with E-state index in [0.29, 0.717) is 17.1 Å². The predicted octanol–water partition coefficient (Wildman–Crippen LogP) is 2.58. The molecular weight excluding hydrogens is 322 g/mol. The number of para-hydroxylation sites is 1. The molecule has 0 bridgehead atoms. The zero-order chi connectivity index (χ0) is 18.2. The van der Waals surface area contributed by atoms with Crippen molar-refractivity contribution in [1.29, 1.82) is 0 Å². The lowest BCUT2D eigenvalue weighted by atomic mass is 10.1. The highest BCUT2D eigenvalue weighted by atomic mass is 16.5. The highest BCUT2D eigenvalue weighted by molar-refractivity contribution is 5.78. The number of benzene rings is 2. The lowest BCUT2D eigenvalue weighted by Crippen LogP contribution is -2.31. The number of hydrogen-bond acceptors (Lipinski definition) is 4. The van der Waals surface area contributed by atoms with E-state index in [2.05, 4.69) is 5.32 Å². The van der Waals surface area contributed by atoms with E-state index >= 15 is 0 Å². The number of carbonyl (C=O) groups excluding carboxylic acids is 1. The molecule has 0 aliphatic carbocycles. The van der Waals surface area contributed by atoms with E-state index in [4.69, 9.17) is 14.6 Å². The molecule has 2 aromatic rings. The van der Waals surface area contributed by atoms with Crippen molar-refractivity contribution >= 4 is 11.9 Å². The van der Waals surface area contributed by atoms with Crippen LogP contribution < -0.4 is 14.8 Å². The summed E-state index contributed by atoms with van der Waals surface area (Å²) in [7, 11) is 1.59. The molecule has 25 heavy (non-hydrogen) atoms. The van der Waals surface area contributed by atoms with Gasteiger partial charge in [-0.05, 0) is 30.7 Å². The number of carboxylic acids is 1. The number of hydrogen-bond donors (Lipinski definition) is 2. The van der Waals surface area contributed by atoms with Crippen molar-refractivity contribution < 1.29 is 24.2 Å². The Hall–Kier alpha value is -3.02. The van der Waals surface area contributed by atoms with Gasteiger partial charge in [0.05, 0.1) is 19.6 Å². The molecule has 0 spiro atoms. The van der Waals surface area contributed by atoms with Crippen molar-refractivity contribution in [2.45, 2.75) is 19.4 Å². The van der Waals surface area contributed by atoms with Crippen LogP contribution in [0.15, 0.2) is 48.5 Å². The molecule has 0 aliphatic heterocycles. The standard InChI is InChI=1S/C19H21NO5/c1-13(16-5-3-4-6-17(16)24-2)20-18(21)12-25-15-9-7-14(8-10-15)11-19(22)23/h3-10,13H,11-12H2,1-2H3,(H,20,21)(H,22,23). The van der Waals surface area contributed by atoms with Crippen molar-refractivity contribution in [3.63, 3.8) is 0 Å². The van der Waals surface area contributed by atoms with Gasteiger partial charge in [-0.25, -0.2) is 0 Å². The van der Waals surface area contributed by atoms with Crippen LogP contribution in [0.1, 0.15) is 24.1 Å². The fourth-order valence-corrected chi connectivity index (χ4v) is 2.41. The van der Waals surface area contributed by atoms with E-state index in [1.165, 1.54) is 0 Å². The fourth-order valence-electron chi connectivity index (χ4n) is 2.41. The summed E-state index contributed by atoms with van der Waals surface area (Å²) in [4.78, 5) is 22.7. The Bertz CT molecular complexity index is 727. The summed E-state index contributed by atoms with van der Waals surface area (Å²) >= 11 is 0. The Morgan fingerprint density at radius 2 is 1.80 bits per heavy atom. The van der Waals surface area contributed by atoms with Crippen molar-refractivity contribution in [2.75, 3.05) is 13.7 Å². The molecule has 0 heterocycles. The molecule has 0 saturated carbocycles. The van der Waals surface area contributed by atoms with Gasteiger partial charge >= 0.3 is 5.97 Å². The molecule has 2 rings (SSSR count). The van der Waals surface area contributed by atoms with Gasteiger partial charge in [-0.3, -0.25) is 9.59 Å². The summed E-state index contributed by atoms with van der Waals surface area (Å²) in [6, 6.07) is 13.9. The first-order valence-electron chi connectivity index (χ1n) is 7.85. The molecule has 6 nitrogen and oxygen atoms in total. The van der Waals surface area contributed by atoms with E-state index in [0.717, 1.165) is 5.56 Å². The lowest BCUT2D eigenvalue weighted by Gasteiger charge is -2.17. The SMILES string of the molecule is COc1ccccc1C(C)NC(=O)COc1ccc(CC(=O)O)cc1. The predicted molar refractivity (Wildman–Crippen MR) is 92.8 cm³/mol. The Kier molecular flexibility index (Phi) is 6.39. The highest BCUT2D eigenvalue weighted by Gasteiger charge is 2.14. The number of amides is 1. The maximum Gasteiger partial charge on any atom is 0.307 e. The number of carbonyl (C=O) groups is 2. The van der Waals surface area contributed by atoms with Crippen molar-refractivity contribution in [2.24, 2.45) is 0 Å².